The molecule has 110 valence electrons. The Morgan fingerprint density at radius 1 is 1.60 bits per heavy atom. The van der Waals surface area contributed by atoms with Gasteiger partial charge in [-0.15, -0.1) is 12.3 Å². The van der Waals surface area contributed by atoms with E-state index in [4.69, 9.17) is 6.42 Å². The molecular weight excluding hydrogens is 339 g/mol. The lowest BCUT2D eigenvalue weighted by molar-refractivity contribution is -0.143. The average Bonchev–Trinajstić information content (AvgIpc) is 2.36. The van der Waals surface area contributed by atoms with Crippen LogP contribution in [0.25, 0.3) is 0 Å². The summed E-state index contributed by atoms with van der Waals surface area (Å²) in [5.74, 6) is 2.49. The predicted molar refractivity (Wildman–Crippen MR) is 73.4 cm³/mol. The molecule has 0 radical (unpaired) electrons. The Morgan fingerprint density at radius 3 is 2.75 bits per heavy atom. The van der Waals surface area contributed by atoms with Crippen molar-refractivity contribution in [1.29, 1.82) is 0 Å². The van der Waals surface area contributed by atoms with Gasteiger partial charge < -0.3 is 5.32 Å². The number of anilines is 1. The topological polar surface area (TPSA) is 46.9 Å². The number of nitrogens with zero attached hydrogens (tertiary/aromatic N) is 2. The zero-order valence-corrected chi connectivity index (χ0v) is 12.3. The van der Waals surface area contributed by atoms with Gasteiger partial charge in [0.25, 0.3) is 5.56 Å². The molecule has 0 aliphatic rings. The van der Waals surface area contributed by atoms with Crippen molar-refractivity contribution in [3.8, 4) is 12.3 Å². The van der Waals surface area contributed by atoms with Crippen molar-refractivity contribution >= 4 is 21.6 Å². The van der Waals surface area contributed by atoms with E-state index < -0.39 is 18.3 Å². The third-order valence-corrected chi connectivity index (χ3v) is 3.30. The zero-order chi connectivity index (χ0) is 15.3. The standard InChI is InChI=1S/C12H13BrF3N3O/c1-3-5-8(4-2)18-9-6-17-19(7-12(14,15)16)11(20)10(9)13/h1,6,8,18H,4-5,7H2,2H3. The molecule has 0 saturated carbocycles. The second-order valence-electron chi connectivity index (χ2n) is 4.11. The van der Waals surface area contributed by atoms with Crippen molar-refractivity contribution in [1.82, 2.24) is 9.78 Å². The molecule has 1 rings (SSSR count). The third kappa shape index (κ3) is 4.56. The van der Waals surface area contributed by atoms with E-state index in [0.717, 1.165) is 0 Å². The Balaban J connectivity index is 3.00. The first kappa shape index (κ1) is 16.6. The highest BCUT2D eigenvalue weighted by atomic mass is 79.9. The van der Waals surface area contributed by atoms with Gasteiger partial charge in [-0.25, -0.2) is 4.68 Å². The molecule has 1 N–H and O–H groups in total. The van der Waals surface area contributed by atoms with Gasteiger partial charge in [0.2, 0.25) is 0 Å². The fourth-order valence-electron chi connectivity index (χ4n) is 1.51. The summed E-state index contributed by atoms with van der Waals surface area (Å²) in [6.07, 6.45) is 3.04. The maximum Gasteiger partial charge on any atom is 0.408 e. The Kier molecular flexibility index (Phi) is 5.62. The molecule has 8 heteroatoms. The summed E-state index contributed by atoms with van der Waals surface area (Å²) in [6, 6.07) is -0.0732. The lowest BCUT2D eigenvalue weighted by atomic mass is 10.1. The van der Waals surface area contributed by atoms with E-state index in [1.807, 2.05) is 6.92 Å². The Bertz CT molecular complexity index is 563. The minimum atomic E-state index is -4.50. The van der Waals surface area contributed by atoms with Gasteiger partial charge in [0.05, 0.1) is 11.9 Å². The Morgan fingerprint density at radius 2 is 2.25 bits per heavy atom. The molecule has 0 aliphatic carbocycles. The maximum absolute atomic E-state index is 12.3. The van der Waals surface area contributed by atoms with Crippen LogP contribution in [0.1, 0.15) is 19.8 Å². The quantitative estimate of drug-likeness (QED) is 0.829. The SMILES string of the molecule is C#CCC(CC)Nc1cnn(CC(F)(F)F)c(=O)c1Br. The van der Waals surface area contributed by atoms with Crippen LogP contribution in [0, 0.1) is 12.3 Å². The molecule has 0 bridgehead atoms. The van der Waals surface area contributed by atoms with Crippen molar-refractivity contribution in [3.63, 3.8) is 0 Å². The van der Waals surface area contributed by atoms with Crippen LogP contribution in [0.3, 0.4) is 0 Å². The molecule has 0 amide bonds. The largest absolute Gasteiger partial charge is 0.408 e. The van der Waals surface area contributed by atoms with Crippen LogP contribution in [0.2, 0.25) is 0 Å². The molecule has 1 aromatic heterocycles. The summed E-state index contributed by atoms with van der Waals surface area (Å²) in [4.78, 5) is 11.8. The van der Waals surface area contributed by atoms with E-state index in [1.54, 1.807) is 0 Å². The lowest BCUT2D eigenvalue weighted by Gasteiger charge is -2.17. The van der Waals surface area contributed by atoms with Crippen LogP contribution in [-0.4, -0.2) is 22.0 Å². The first-order valence-electron chi connectivity index (χ1n) is 5.80. The van der Waals surface area contributed by atoms with Gasteiger partial charge in [0.15, 0.2) is 0 Å². The van der Waals surface area contributed by atoms with Gasteiger partial charge in [0, 0.05) is 12.5 Å². The number of nitrogens with one attached hydrogen (secondary N) is 1. The van der Waals surface area contributed by atoms with E-state index in [2.05, 4.69) is 32.3 Å². The van der Waals surface area contributed by atoms with E-state index >= 15 is 0 Å². The predicted octanol–water partition coefficient (Wildman–Crippen LogP) is 2.78. The van der Waals surface area contributed by atoms with Gasteiger partial charge >= 0.3 is 6.18 Å². The van der Waals surface area contributed by atoms with Crippen molar-refractivity contribution in [2.24, 2.45) is 0 Å². The monoisotopic (exact) mass is 351 g/mol. The molecule has 1 heterocycles. The van der Waals surface area contributed by atoms with Crippen molar-refractivity contribution in [2.75, 3.05) is 5.32 Å². The van der Waals surface area contributed by atoms with Crippen LogP contribution < -0.4 is 10.9 Å². The molecule has 0 aliphatic heterocycles. The average molecular weight is 352 g/mol. The summed E-state index contributed by atoms with van der Waals surface area (Å²) in [5, 5.41) is 6.49. The zero-order valence-electron chi connectivity index (χ0n) is 10.7. The molecular formula is C12H13BrF3N3O. The van der Waals surface area contributed by atoms with E-state index in [0.29, 0.717) is 23.2 Å². The fourth-order valence-corrected chi connectivity index (χ4v) is 1.93. The maximum atomic E-state index is 12.3. The number of aromatic nitrogens is 2. The minimum Gasteiger partial charge on any atom is -0.379 e. The number of terminal acetylenes is 1. The molecule has 0 fully saturated rings. The molecule has 4 nitrogen and oxygen atoms in total. The highest BCUT2D eigenvalue weighted by Crippen LogP contribution is 2.20. The summed E-state index contributed by atoms with van der Waals surface area (Å²) in [6.45, 7) is 0.480. The third-order valence-electron chi connectivity index (χ3n) is 2.53. The summed E-state index contributed by atoms with van der Waals surface area (Å²) < 4.78 is 37.2. The van der Waals surface area contributed by atoms with Gasteiger partial charge in [-0.3, -0.25) is 4.79 Å². The summed E-state index contributed by atoms with van der Waals surface area (Å²) >= 11 is 2.99. The van der Waals surface area contributed by atoms with Crippen molar-refractivity contribution in [3.05, 3.63) is 21.0 Å². The Labute approximate surface area is 122 Å². The Hall–Kier alpha value is -1.49. The summed E-state index contributed by atoms with van der Waals surface area (Å²) in [7, 11) is 0. The van der Waals surface area contributed by atoms with Gasteiger partial charge in [-0.05, 0) is 22.4 Å². The molecule has 1 unspecified atom stereocenters. The second kappa shape index (κ2) is 6.79. The minimum absolute atomic E-state index is 0.00669. The lowest BCUT2D eigenvalue weighted by Crippen LogP contribution is -2.31. The van der Waals surface area contributed by atoms with Gasteiger partial charge in [0.1, 0.15) is 11.0 Å². The van der Waals surface area contributed by atoms with Crippen LogP contribution in [-0.2, 0) is 6.54 Å². The molecule has 0 aromatic carbocycles. The molecule has 1 atom stereocenters. The fraction of sp³-hybridized carbons (Fsp3) is 0.500. The normalized spacial score (nSPS) is 12.8. The smallest absolute Gasteiger partial charge is 0.379 e. The van der Waals surface area contributed by atoms with E-state index in [-0.39, 0.29) is 10.5 Å². The first-order valence-corrected chi connectivity index (χ1v) is 6.60. The highest BCUT2D eigenvalue weighted by molar-refractivity contribution is 9.10. The highest BCUT2D eigenvalue weighted by Gasteiger charge is 2.29. The summed E-state index contributed by atoms with van der Waals surface area (Å²) in [5.41, 5.74) is -0.515. The molecule has 20 heavy (non-hydrogen) atoms. The molecule has 0 spiro atoms. The van der Waals surface area contributed by atoms with Crippen LogP contribution >= 0.6 is 15.9 Å². The van der Waals surface area contributed by atoms with Crippen molar-refractivity contribution < 1.29 is 13.2 Å². The van der Waals surface area contributed by atoms with Crippen LogP contribution in [0.4, 0.5) is 18.9 Å². The van der Waals surface area contributed by atoms with E-state index in [9.17, 15) is 18.0 Å². The number of halogens is 4. The molecule has 1 aromatic rings. The number of rotatable bonds is 5. The second-order valence-corrected chi connectivity index (χ2v) is 4.90. The first-order chi connectivity index (χ1) is 9.28. The number of alkyl halides is 3. The van der Waals surface area contributed by atoms with Gasteiger partial charge in [-0.2, -0.15) is 18.3 Å². The number of hydrogen-bond acceptors (Lipinski definition) is 3. The van der Waals surface area contributed by atoms with Gasteiger partial charge in [-0.1, -0.05) is 6.92 Å². The van der Waals surface area contributed by atoms with E-state index in [1.165, 1.54) is 6.20 Å². The number of hydrogen-bond donors (Lipinski definition) is 1. The molecule has 0 saturated heterocycles. The van der Waals surface area contributed by atoms with Crippen LogP contribution in [0.15, 0.2) is 15.5 Å². The van der Waals surface area contributed by atoms with Crippen LogP contribution in [0.5, 0.6) is 0 Å². The van der Waals surface area contributed by atoms with Crippen molar-refractivity contribution in [2.45, 2.75) is 38.5 Å².